The predicted octanol–water partition coefficient (Wildman–Crippen LogP) is 0.879. The van der Waals surface area contributed by atoms with Gasteiger partial charge in [-0.05, 0) is 18.6 Å². The summed E-state index contributed by atoms with van der Waals surface area (Å²) < 4.78 is 1.39. The molecule has 0 saturated carbocycles. The first-order chi connectivity index (χ1) is 7.65. The summed E-state index contributed by atoms with van der Waals surface area (Å²) in [7, 11) is 0. The predicted molar refractivity (Wildman–Crippen MR) is 59.2 cm³/mol. The second-order valence-electron chi connectivity index (χ2n) is 3.25. The molecule has 0 aromatic carbocycles. The molecule has 0 spiro atoms. The summed E-state index contributed by atoms with van der Waals surface area (Å²) >= 11 is 0. The van der Waals surface area contributed by atoms with Crippen LogP contribution in [-0.2, 0) is 11.3 Å². The van der Waals surface area contributed by atoms with E-state index < -0.39 is 5.97 Å². The largest absolute Gasteiger partial charge is 0.480 e. The van der Waals surface area contributed by atoms with Crippen LogP contribution in [0.4, 0.5) is 0 Å². The van der Waals surface area contributed by atoms with Crippen LogP contribution in [0, 0.1) is 0 Å². The number of amides is 1. The maximum Gasteiger partial charge on any atom is 0.323 e. The molecule has 5 heteroatoms. The Kier molecular flexibility index (Phi) is 4.32. The second-order valence-corrected chi connectivity index (χ2v) is 3.25. The van der Waals surface area contributed by atoms with Crippen LogP contribution < -0.4 is 5.32 Å². The van der Waals surface area contributed by atoms with Gasteiger partial charge >= 0.3 is 5.97 Å². The SMILES string of the molecule is C=CCCNC(=O)c1cccn1CC(=O)O. The Morgan fingerprint density at radius 3 is 2.94 bits per heavy atom. The van der Waals surface area contributed by atoms with Crippen LogP contribution >= 0.6 is 0 Å². The first kappa shape index (κ1) is 12.0. The third kappa shape index (κ3) is 3.27. The van der Waals surface area contributed by atoms with Crippen molar-refractivity contribution in [3.8, 4) is 0 Å². The third-order valence-electron chi connectivity index (χ3n) is 2.00. The fourth-order valence-electron chi connectivity index (χ4n) is 1.28. The van der Waals surface area contributed by atoms with Gasteiger partial charge in [0.1, 0.15) is 12.2 Å². The molecule has 0 atom stereocenters. The highest BCUT2D eigenvalue weighted by Gasteiger charge is 2.11. The van der Waals surface area contributed by atoms with Crippen molar-refractivity contribution in [2.24, 2.45) is 0 Å². The zero-order chi connectivity index (χ0) is 12.0. The second kappa shape index (κ2) is 5.75. The smallest absolute Gasteiger partial charge is 0.323 e. The van der Waals surface area contributed by atoms with E-state index in [9.17, 15) is 9.59 Å². The molecule has 16 heavy (non-hydrogen) atoms. The molecule has 1 rings (SSSR count). The summed E-state index contributed by atoms with van der Waals surface area (Å²) in [5, 5.41) is 11.3. The van der Waals surface area contributed by atoms with Gasteiger partial charge in [-0.25, -0.2) is 0 Å². The van der Waals surface area contributed by atoms with Crippen LogP contribution in [0.5, 0.6) is 0 Å². The highest BCUT2D eigenvalue weighted by molar-refractivity contribution is 5.93. The van der Waals surface area contributed by atoms with Gasteiger partial charge in [-0.2, -0.15) is 0 Å². The quantitative estimate of drug-likeness (QED) is 0.554. The Labute approximate surface area is 93.4 Å². The number of hydrogen-bond donors (Lipinski definition) is 2. The van der Waals surface area contributed by atoms with E-state index >= 15 is 0 Å². The van der Waals surface area contributed by atoms with E-state index in [1.54, 1.807) is 24.4 Å². The molecule has 1 aromatic heterocycles. The van der Waals surface area contributed by atoms with E-state index in [1.165, 1.54) is 4.57 Å². The summed E-state index contributed by atoms with van der Waals surface area (Å²) in [6, 6.07) is 3.23. The van der Waals surface area contributed by atoms with Crippen molar-refractivity contribution in [3.05, 3.63) is 36.7 Å². The standard InChI is InChI=1S/C11H14N2O3/c1-2-3-6-12-11(16)9-5-4-7-13(9)8-10(14)15/h2,4-5,7H,1,3,6,8H2,(H,12,16)(H,14,15). The topological polar surface area (TPSA) is 71.3 Å². The van der Waals surface area contributed by atoms with Gasteiger partial charge in [0, 0.05) is 12.7 Å². The first-order valence-corrected chi connectivity index (χ1v) is 4.91. The summed E-state index contributed by atoms with van der Waals surface area (Å²) in [5.74, 6) is -1.25. The zero-order valence-electron chi connectivity index (χ0n) is 8.85. The molecule has 1 amide bonds. The maximum absolute atomic E-state index is 11.6. The molecule has 1 heterocycles. The Bertz CT molecular complexity index is 396. The molecule has 0 aliphatic heterocycles. The number of nitrogens with zero attached hydrogens (tertiary/aromatic N) is 1. The summed E-state index contributed by atoms with van der Waals surface area (Å²) in [5.41, 5.74) is 0.353. The number of carboxylic acid groups (broad SMARTS) is 1. The molecule has 1 aromatic rings. The van der Waals surface area contributed by atoms with E-state index in [0.29, 0.717) is 18.7 Å². The van der Waals surface area contributed by atoms with E-state index in [4.69, 9.17) is 5.11 Å². The average Bonchev–Trinajstić information content (AvgIpc) is 2.65. The molecular weight excluding hydrogens is 208 g/mol. The molecule has 2 N–H and O–H groups in total. The normalized spacial score (nSPS) is 9.75. The fraction of sp³-hybridized carbons (Fsp3) is 0.273. The number of carbonyl (C=O) groups is 2. The molecule has 0 fully saturated rings. The number of nitrogens with one attached hydrogen (secondary N) is 1. The summed E-state index contributed by atoms with van der Waals surface area (Å²) in [6.07, 6.45) is 3.96. The summed E-state index contributed by atoms with van der Waals surface area (Å²) in [4.78, 5) is 22.2. The van der Waals surface area contributed by atoms with Crippen LogP contribution in [0.1, 0.15) is 16.9 Å². The minimum Gasteiger partial charge on any atom is -0.480 e. The lowest BCUT2D eigenvalue weighted by molar-refractivity contribution is -0.137. The molecule has 5 nitrogen and oxygen atoms in total. The van der Waals surface area contributed by atoms with Crippen LogP contribution in [0.15, 0.2) is 31.0 Å². The van der Waals surface area contributed by atoms with Crippen molar-refractivity contribution >= 4 is 11.9 Å². The Hall–Kier alpha value is -2.04. The van der Waals surface area contributed by atoms with Crippen LogP contribution in [0.3, 0.4) is 0 Å². The van der Waals surface area contributed by atoms with Crippen molar-refractivity contribution in [1.29, 1.82) is 0 Å². The van der Waals surface area contributed by atoms with E-state index in [2.05, 4.69) is 11.9 Å². The number of carboxylic acids is 1. The van der Waals surface area contributed by atoms with Gasteiger partial charge in [0.25, 0.3) is 5.91 Å². The lowest BCUT2D eigenvalue weighted by Crippen LogP contribution is -2.27. The van der Waals surface area contributed by atoms with Gasteiger partial charge in [0.15, 0.2) is 0 Å². The van der Waals surface area contributed by atoms with Crippen molar-refractivity contribution in [2.45, 2.75) is 13.0 Å². The molecule has 0 aliphatic rings. The van der Waals surface area contributed by atoms with Crippen molar-refractivity contribution in [3.63, 3.8) is 0 Å². The number of hydrogen-bond acceptors (Lipinski definition) is 2. The zero-order valence-corrected chi connectivity index (χ0v) is 8.85. The highest BCUT2D eigenvalue weighted by atomic mass is 16.4. The molecule has 0 radical (unpaired) electrons. The van der Waals surface area contributed by atoms with Crippen molar-refractivity contribution in [1.82, 2.24) is 9.88 Å². The lowest BCUT2D eigenvalue weighted by atomic mass is 10.3. The molecule has 0 saturated heterocycles. The Morgan fingerprint density at radius 2 is 2.31 bits per heavy atom. The van der Waals surface area contributed by atoms with Gasteiger partial charge in [-0.1, -0.05) is 6.08 Å². The van der Waals surface area contributed by atoms with E-state index in [-0.39, 0.29) is 12.5 Å². The molecular formula is C11H14N2O3. The number of aliphatic carboxylic acids is 1. The minimum absolute atomic E-state index is 0.211. The van der Waals surface area contributed by atoms with E-state index in [1.807, 2.05) is 0 Å². The third-order valence-corrected chi connectivity index (χ3v) is 2.00. The highest BCUT2D eigenvalue weighted by Crippen LogP contribution is 2.02. The van der Waals surface area contributed by atoms with Crippen LogP contribution in [-0.4, -0.2) is 28.1 Å². The van der Waals surface area contributed by atoms with Crippen molar-refractivity contribution < 1.29 is 14.7 Å². The fourth-order valence-corrected chi connectivity index (χ4v) is 1.28. The number of rotatable bonds is 6. The molecule has 0 aliphatic carbocycles. The van der Waals surface area contributed by atoms with Crippen LogP contribution in [0.25, 0.3) is 0 Å². The minimum atomic E-state index is -0.976. The first-order valence-electron chi connectivity index (χ1n) is 4.91. The van der Waals surface area contributed by atoms with Gasteiger partial charge in [0.05, 0.1) is 0 Å². The van der Waals surface area contributed by atoms with Crippen molar-refractivity contribution in [2.75, 3.05) is 6.54 Å². The van der Waals surface area contributed by atoms with E-state index in [0.717, 1.165) is 0 Å². The molecule has 0 unspecified atom stereocenters. The van der Waals surface area contributed by atoms with Gasteiger partial charge < -0.3 is 15.0 Å². The monoisotopic (exact) mass is 222 g/mol. The van der Waals surface area contributed by atoms with Crippen LogP contribution in [0.2, 0.25) is 0 Å². The molecule has 86 valence electrons. The van der Waals surface area contributed by atoms with Gasteiger partial charge in [-0.15, -0.1) is 6.58 Å². The Balaban J connectivity index is 2.64. The average molecular weight is 222 g/mol. The Morgan fingerprint density at radius 1 is 1.56 bits per heavy atom. The molecule has 0 bridgehead atoms. The summed E-state index contributed by atoms with van der Waals surface area (Å²) in [6.45, 7) is 3.83. The number of carbonyl (C=O) groups excluding carboxylic acids is 1. The van der Waals surface area contributed by atoms with Gasteiger partial charge in [0.2, 0.25) is 0 Å². The lowest BCUT2D eigenvalue weighted by Gasteiger charge is -2.06. The number of aromatic nitrogens is 1. The maximum atomic E-state index is 11.6. The van der Waals surface area contributed by atoms with Gasteiger partial charge in [-0.3, -0.25) is 9.59 Å².